The van der Waals surface area contributed by atoms with Crippen molar-refractivity contribution >= 4 is 55.0 Å². The third kappa shape index (κ3) is 4.66. The standard InChI is InChI=1S/C25H26N4O4S/c1-4-29-23-8-6-5-7-21(23)22-15-19(11-14-24(22)29)27-25(31)16(2)28-34(32,33)20-12-9-18(10-13-20)26-17(3)30/h5-16,28H,4H2,1-3H3,(H,26,30)(H,27,31)/t16-/m0/s1. The van der Waals surface area contributed by atoms with Crippen LogP contribution in [0.2, 0.25) is 0 Å². The second-order valence-corrected chi connectivity index (χ2v) is 9.75. The molecule has 0 aliphatic rings. The molecule has 0 spiro atoms. The van der Waals surface area contributed by atoms with Crippen molar-refractivity contribution in [2.24, 2.45) is 0 Å². The van der Waals surface area contributed by atoms with E-state index in [2.05, 4.69) is 32.9 Å². The van der Waals surface area contributed by atoms with Crippen LogP contribution in [0.4, 0.5) is 11.4 Å². The summed E-state index contributed by atoms with van der Waals surface area (Å²) in [7, 11) is -3.93. The molecule has 3 N–H and O–H groups in total. The highest BCUT2D eigenvalue weighted by Crippen LogP contribution is 2.31. The first-order valence-electron chi connectivity index (χ1n) is 10.9. The summed E-state index contributed by atoms with van der Waals surface area (Å²) in [4.78, 5) is 23.9. The molecule has 0 aliphatic heterocycles. The molecular formula is C25H26N4O4S. The van der Waals surface area contributed by atoms with Gasteiger partial charge in [-0.15, -0.1) is 0 Å². The Kier molecular flexibility index (Phi) is 6.41. The van der Waals surface area contributed by atoms with Gasteiger partial charge in [-0.25, -0.2) is 8.42 Å². The Morgan fingerprint density at radius 3 is 2.21 bits per heavy atom. The summed E-state index contributed by atoms with van der Waals surface area (Å²) in [5, 5.41) is 7.49. The number of rotatable bonds is 7. The van der Waals surface area contributed by atoms with Crippen molar-refractivity contribution in [2.75, 3.05) is 10.6 Å². The van der Waals surface area contributed by atoms with Crippen molar-refractivity contribution in [3.63, 3.8) is 0 Å². The quantitative estimate of drug-likeness (QED) is 0.372. The molecule has 4 aromatic rings. The van der Waals surface area contributed by atoms with Gasteiger partial charge in [-0.05, 0) is 62.4 Å². The maximum absolute atomic E-state index is 12.8. The van der Waals surface area contributed by atoms with Gasteiger partial charge < -0.3 is 15.2 Å². The lowest BCUT2D eigenvalue weighted by atomic mass is 10.1. The van der Waals surface area contributed by atoms with Gasteiger partial charge in [0.05, 0.1) is 10.9 Å². The van der Waals surface area contributed by atoms with Gasteiger partial charge in [0.25, 0.3) is 0 Å². The lowest BCUT2D eigenvalue weighted by molar-refractivity contribution is -0.117. The molecule has 9 heteroatoms. The molecule has 34 heavy (non-hydrogen) atoms. The van der Waals surface area contributed by atoms with Crippen LogP contribution in [0, 0.1) is 0 Å². The maximum Gasteiger partial charge on any atom is 0.242 e. The van der Waals surface area contributed by atoms with Crippen LogP contribution in [0.3, 0.4) is 0 Å². The third-order valence-corrected chi connectivity index (χ3v) is 7.12. The van der Waals surface area contributed by atoms with Gasteiger partial charge in [-0.3, -0.25) is 9.59 Å². The zero-order chi connectivity index (χ0) is 24.5. The Morgan fingerprint density at radius 2 is 1.53 bits per heavy atom. The third-order valence-electron chi connectivity index (χ3n) is 5.57. The number of sulfonamides is 1. The minimum absolute atomic E-state index is 0.00459. The SMILES string of the molecule is CCn1c2ccccc2c2cc(NC(=O)[C@H](C)NS(=O)(=O)c3ccc(NC(C)=O)cc3)ccc21. The number of anilines is 2. The number of nitrogens with zero attached hydrogens (tertiary/aromatic N) is 1. The lowest BCUT2D eigenvalue weighted by Gasteiger charge is -2.15. The highest BCUT2D eigenvalue weighted by atomic mass is 32.2. The topological polar surface area (TPSA) is 109 Å². The fraction of sp³-hybridized carbons (Fsp3) is 0.200. The molecule has 0 saturated carbocycles. The summed E-state index contributed by atoms with van der Waals surface area (Å²) in [5.74, 6) is -0.728. The Morgan fingerprint density at radius 1 is 0.882 bits per heavy atom. The summed E-state index contributed by atoms with van der Waals surface area (Å²) >= 11 is 0. The van der Waals surface area contributed by atoms with Gasteiger partial charge >= 0.3 is 0 Å². The molecule has 2 amide bonds. The van der Waals surface area contributed by atoms with Crippen molar-refractivity contribution in [1.82, 2.24) is 9.29 Å². The highest BCUT2D eigenvalue weighted by molar-refractivity contribution is 7.89. The maximum atomic E-state index is 12.8. The Labute approximate surface area is 198 Å². The molecule has 1 aromatic heterocycles. The average molecular weight is 479 g/mol. The summed E-state index contributed by atoms with van der Waals surface area (Å²) < 4.78 is 30.0. The van der Waals surface area contributed by atoms with E-state index in [4.69, 9.17) is 0 Å². The number of amides is 2. The first kappa shape index (κ1) is 23.5. The van der Waals surface area contributed by atoms with E-state index in [-0.39, 0.29) is 10.8 Å². The molecule has 0 unspecified atom stereocenters. The van der Waals surface area contributed by atoms with Crippen LogP contribution in [0.5, 0.6) is 0 Å². The molecule has 1 heterocycles. The monoisotopic (exact) mass is 478 g/mol. The fourth-order valence-electron chi connectivity index (χ4n) is 4.00. The summed E-state index contributed by atoms with van der Waals surface area (Å²) in [6.07, 6.45) is 0. The number of carbonyl (C=O) groups excluding carboxylic acids is 2. The van der Waals surface area contributed by atoms with Crippen molar-refractivity contribution in [3.05, 3.63) is 66.7 Å². The molecular weight excluding hydrogens is 452 g/mol. The molecule has 0 fully saturated rings. The molecule has 8 nitrogen and oxygen atoms in total. The molecule has 4 rings (SSSR count). The Balaban J connectivity index is 1.51. The average Bonchev–Trinajstić information content (AvgIpc) is 3.11. The summed E-state index contributed by atoms with van der Waals surface area (Å²) in [6.45, 7) is 5.76. The highest BCUT2D eigenvalue weighted by Gasteiger charge is 2.22. The number of para-hydroxylation sites is 1. The number of hydrogen-bond donors (Lipinski definition) is 3. The van der Waals surface area contributed by atoms with E-state index >= 15 is 0 Å². The van der Waals surface area contributed by atoms with Crippen LogP contribution >= 0.6 is 0 Å². The molecule has 176 valence electrons. The van der Waals surface area contributed by atoms with Crippen molar-refractivity contribution < 1.29 is 18.0 Å². The van der Waals surface area contributed by atoms with Gasteiger partial charge in [0.1, 0.15) is 0 Å². The predicted octanol–water partition coefficient (Wildman–Crippen LogP) is 4.08. The zero-order valence-corrected chi connectivity index (χ0v) is 19.9. The smallest absolute Gasteiger partial charge is 0.242 e. The van der Waals surface area contributed by atoms with Crippen LogP contribution in [0.15, 0.2) is 71.6 Å². The predicted molar refractivity (Wildman–Crippen MR) is 134 cm³/mol. The van der Waals surface area contributed by atoms with E-state index in [1.165, 1.54) is 38.1 Å². The van der Waals surface area contributed by atoms with Crippen LogP contribution in [0.25, 0.3) is 21.8 Å². The van der Waals surface area contributed by atoms with E-state index in [0.717, 1.165) is 28.4 Å². The summed E-state index contributed by atoms with van der Waals surface area (Å²) in [6, 6.07) is 18.5. The van der Waals surface area contributed by atoms with Gasteiger partial charge in [-0.2, -0.15) is 4.72 Å². The van der Waals surface area contributed by atoms with Gasteiger partial charge in [0, 0.05) is 46.6 Å². The number of nitrogens with one attached hydrogen (secondary N) is 3. The van der Waals surface area contributed by atoms with Crippen LogP contribution in [-0.2, 0) is 26.2 Å². The Bertz CT molecular complexity index is 1490. The van der Waals surface area contributed by atoms with Crippen LogP contribution in [-0.4, -0.2) is 30.8 Å². The van der Waals surface area contributed by atoms with Gasteiger partial charge in [0.2, 0.25) is 21.8 Å². The lowest BCUT2D eigenvalue weighted by Crippen LogP contribution is -2.41. The summed E-state index contributed by atoms with van der Waals surface area (Å²) in [5.41, 5.74) is 3.26. The Hall–Kier alpha value is -3.69. The van der Waals surface area contributed by atoms with Crippen molar-refractivity contribution in [3.8, 4) is 0 Å². The van der Waals surface area contributed by atoms with Crippen molar-refractivity contribution in [1.29, 1.82) is 0 Å². The second kappa shape index (κ2) is 9.28. The molecule has 0 saturated heterocycles. The number of aromatic nitrogens is 1. The molecule has 0 bridgehead atoms. The number of benzene rings is 3. The van der Waals surface area contributed by atoms with Crippen LogP contribution in [0.1, 0.15) is 20.8 Å². The van der Waals surface area contributed by atoms with E-state index in [0.29, 0.717) is 11.4 Å². The van der Waals surface area contributed by atoms with Gasteiger partial charge in [-0.1, -0.05) is 18.2 Å². The number of aryl methyl sites for hydroxylation is 1. The minimum atomic E-state index is -3.93. The molecule has 3 aromatic carbocycles. The van der Waals surface area contributed by atoms with E-state index in [9.17, 15) is 18.0 Å². The first-order valence-corrected chi connectivity index (χ1v) is 12.4. The normalized spacial score (nSPS) is 12.6. The largest absolute Gasteiger partial charge is 0.341 e. The van der Waals surface area contributed by atoms with Crippen molar-refractivity contribution in [2.45, 2.75) is 38.3 Å². The van der Waals surface area contributed by atoms with E-state index in [1.54, 1.807) is 0 Å². The number of carbonyl (C=O) groups is 2. The second-order valence-electron chi connectivity index (χ2n) is 8.03. The van der Waals surface area contributed by atoms with E-state index < -0.39 is 22.0 Å². The van der Waals surface area contributed by atoms with E-state index in [1.807, 2.05) is 36.4 Å². The molecule has 0 aliphatic carbocycles. The minimum Gasteiger partial charge on any atom is -0.341 e. The number of fused-ring (bicyclic) bond motifs is 3. The van der Waals surface area contributed by atoms with Gasteiger partial charge in [0.15, 0.2) is 0 Å². The zero-order valence-electron chi connectivity index (χ0n) is 19.1. The fourth-order valence-corrected chi connectivity index (χ4v) is 5.20. The first-order chi connectivity index (χ1) is 16.2. The number of hydrogen-bond acceptors (Lipinski definition) is 4. The molecule has 0 radical (unpaired) electrons. The van der Waals surface area contributed by atoms with Crippen LogP contribution < -0.4 is 15.4 Å². The molecule has 1 atom stereocenters.